The standard InChI is InChI=1S/C19H25N3OS.2C2HF3O2/c1-15-4-5-17(24-15)14-21-9-6-18-19(7-10-21)23-12-11-22(18)16-3-2-8-20-13-16;2*3-2(4,5)1(6)7/h2-5,8,13,18-19H,6-7,9-12,14H2,1H3;2*(H,6,7). The second-order valence-corrected chi connectivity index (χ2v) is 9.73. The van der Waals surface area contributed by atoms with Crippen LogP contribution >= 0.6 is 11.3 Å². The number of anilines is 1. The third kappa shape index (κ3) is 10.1. The second-order valence-electron chi connectivity index (χ2n) is 8.35. The van der Waals surface area contributed by atoms with Crippen molar-refractivity contribution in [3.63, 3.8) is 0 Å². The Hall–Kier alpha value is -2.91. The van der Waals surface area contributed by atoms with E-state index in [0.717, 1.165) is 45.6 Å². The van der Waals surface area contributed by atoms with Crippen molar-refractivity contribution >= 4 is 29.0 Å². The lowest BCUT2D eigenvalue weighted by atomic mass is 10.0. The molecule has 2 atom stereocenters. The maximum absolute atomic E-state index is 10.6. The van der Waals surface area contributed by atoms with E-state index in [9.17, 15) is 26.3 Å². The van der Waals surface area contributed by atoms with Crippen LogP contribution in [-0.4, -0.2) is 82.8 Å². The fourth-order valence-corrected chi connectivity index (χ4v) is 4.86. The van der Waals surface area contributed by atoms with Crippen LogP contribution in [0.25, 0.3) is 0 Å². The Kier molecular flexibility index (Phi) is 11.3. The molecule has 4 rings (SSSR count). The molecule has 8 nitrogen and oxygen atoms in total. The van der Waals surface area contributed by atoms with Gasteiger partial charge in [0.15, 0.2) is 0 Å². The number of likely N-dealkylation sites (tertiary alicyclic amines) is 1. The number of rotatable bonds is 3. The zero-order chi connectivity index (χ0) is 28.5. The number of pyridine rings is 1. The molecular weight excluding hydrogens is 544 g/mol. The molecule has 0 spiro atoms. The van der Waals surface area contributed by atoms with E-state index in [2.05, 4.69) is 39.9 Å². The molecule has 2 aliphatic heterocycles. The van der Waals surface area contributed by atoms with Gasteiger partial charge in [0.1, 0.15) is 0 Å². The van der Waals surface area contributed by atoms with Crippen molar-refractivity contribution in [1.29, 1.82) is 0 Å². The van der Waals surface area contributed by atoms with Crippen LogP contribution in [0.3, 0.4) is 0 Å². The summed E-state index contributed by atoms with van der Waals surface area (Å²) in [6, 6.07) is 9.17. The molecule has 2 aromatic rings. The number of alkyl halides is 6. The van der Waals surface area contributed by atoms with Crippen molar-refractivity contribution in [3.8, 4) is 0 Å². The van der Waals surface area contributed by atoms with Gasteiger partial charge < -0.3 is 19.8 Å². The molecule has 2 fully saturated rings. The molecule has 38 heavy (non-hydrogen) atoms. The number of thiophene rings is 1. The summed E-state index contributed by atoms with van der Waals surface area (Å²) >= 11 is 1.92. The number of carbonyl (C=O) groups is 2. The zero-order valence-electron chi connectivity index (χ0n) is 20.2. The topological polar surface area (TPSA) is 103 Å². The summed E-state index contributed by atoms with van der Waals surface area (Å²) in [5, 5.41) is 14.2. The van der Waals surface area contributed by atoms with E-state index in [1.165, 1.54) is 15.4 Å². The molecule has 2 aliphatic rings. The minimum atomic E-state index is -5.08. The van der Waals surface area contributed by atoms with E-state index >= 15 is 0 Å². The van der Waals surface area contributed by atoms with Crippen LogP contribution in [-0.2, 0) is 20.9 Å². The lowest BCUT2D eigenvalue weighted by molar-refractivity contribution is -0.193. The molecule has 0 saturated carbocycles. The maximum atomic E-state index is 10.6. The number of hydrogen-bond acceptors (Lipinski definition) is 7. The van der Waals surface area contributed by atoms with Gasteiger partial charge in [-0.25, -0.2) is 9.59 Å². The molecule has 2 N–H and O–H groups in total. The van der Waals surface area contributed by atoms with Crippen molar-refractivity contribution in [3.05, 3.63) is 46.4 Å². The van der Waals surface area contributed by atoms with E-state index in [1.54, 1.807) is 0 Å². The summed E-state index contributed by atoms with van der Waals surface area (Å²) in [5.74, 6) is -5.51. The summed E-state index contributed by atoms with van der Waals surface area (Å²) in [6.45, 7) is 7.31. The highest BCUT2D eigenvalue weighted by atomic mass is 32.1. The number of aryl methyl sites for hydroxylation is 1. The van der Waals surface area contributed by atoms with Gasteiger partial charge in [-0.1, -0.05) is 0 Å². The monoisotopic (exact) mass is 571 g/mol. The number of morpholine rings is 1. The zero-order valence-corrected chi connectivity index (χ0v) is 21.0. The molecule has 212 valence electrons. The highest BCUT2D eigenvalue weighted by Gasteiger charge is 2.39. The lowest BCUT2D eigenvalue weighted by Gasteiger charge is -2.41. The normalized spacial score (nSPS) is 20.1. The Morgan fingerprint density at radius 3 is 2.13 bits per heavy atom. The van der Waals surface area contributed by atoms with Gasteiger partial charge in [-0.3, -0.25) is 9.88 Å². The summed E-state index contributed by atoms with van der Waals surface area (Å²) < 4.78 is 69.6. The molecular formula is C23H27F6N3O5S. The number of aliphatic carboxylic acids is 2. The van der Waals surface area contributed by atoms with E-state index in [0.29, 0.717) is 12.1 Å². The van der Waals surface area contributed by atoms with Crippen molar-refractivity contribution in [1.82, 2.24) is 9.88 Å². The highest BCUT2D eigenvalue weighted by molar-refractivity contribution is 7.11. The first kappa shape index (κ1) is 31.3. The lowest BCUT2D eigenvalue weighted by Crippen LogP contribution is -2.51. The third-order valence-electron chi connectivity index (χ3n) is 5.60. The van der Waals surface area contributed by atoms with E-state index in [-0.39, 0.29) is 0 Å². The van der Waals surface area contributed by atoms with E-state index in [4.69, 9.17) is 24.5 Å². The second kappa shape index (κ2) is 13.8. The van der Waals surface area contributed by atoms with Crippen molar-refractivity contribution in [2.24, 2.45) is 0 Å². The Bertz CT molecular complexity index is 1010. The minimum absolute atomic E-state index is 0.342. The van der Waals surface area contributed by atoms with Crippen LogP contribution in [0.4, 0.5) is 32.0 Å². The van der Waals surface area contributed by atoms with Gasteiger partial charge in [-0.15, -0.1) is 11.3 Å². The van der Waals surface area contributed by atoms with Crippen LogP contribution in [0.5, 0.6) is 0 Å². The van der Waals surface area contributed by atoms with Gasteiger partial charge in [0.2, 0.25) is 0 Å². The van der Waals surface area contributed by atoms with Crippen molar-refractivity contribution in [2.75, 3.05) is 31.1 Å². The molecule has 15 heteroatoms. The molecule has 2 aromatic heterocycles. The van der Waals surface area contributed by atoms with Gasteiger partial charge in [0.05, 0.1) is 30.6 Å². The quantitative estimate of drug-likeness (QED) is 0.516. The van der Waals surface area contributed by atoms with Gasteiger partial charge in [0, 0.05) is 42.1 Å². The Morgan fingerprint density at radius 2 is 1.63 bits per heavy atom. The van der Waals surface area contributed by atoms with Crippen molar-refractivity contribution in [2.45, 2.75) is 50.8 Å². The van der Waals surface area contributed by atoms with Crippen LogP contribution in [0.15, 0.2) is 36.7 Å². The molecule has 0 amide bonds. The smallest absolute Gasteiger partial charge is 0.475 e. The summed E-state index contributed by atoms with van der Waals surface area (Å²) in [6.07, 6.45) is -3.72. The van der Waals surface area contributed by atoms with Gasteiger partial charge in [-0.05, 0) is 44.0 Å². The predicted molar refractivity (Wildman–Crippen MR) is 126 cm³/mol. The first-order chi connectivity index (χ1) is 17.7. The minimum Gasteiger partial charge on any atom is -0.475 e. The number of aromatic nitrogens is 1. The molecule has 0 aliphatic carbocycles. The molecule has 2 saturated heterocycles. The average molecular weight is 572 g/mol. The fraction of sp³-hybridized carbons (Fsp3) is 0.522. The number of halogens is 6. The maximum Gasteiger partial charge on any atom is 0.490 e. The highest BCUT2D eigenvalue weighted by Crippen LogP contribution is 2.29. The SMILES string of the molecule is Cc1ccc(CN2CCC3OCCN(c4cccnc4)C3CC2)s1.O=C(O)C(F)(F)F.O=C(O)C(F)(F)F. The van der Waals surface area contributed by atoms with Gasteiger partial charge in [0.25, 0.3) is 0 Å². The first-order valence-corrected chi connectivity index (χ1v) is 12.2. The van der Waals surface area contributed by atoms with E-state index < -0.39 is 24.3 Å². The average Bonchev–Trinajstić information content (AvgIpc) is 3.13. The summed E-state index contributed by atoms with van der Waals surface area (Å²) in [4.78, 5) is 30.1. The van der Waals surface area contributed by atoms with Crippen LogP contribution < -0.4 is 4.90 Å². The van der Waals surface area contributed by atoms with E-state index in [1.807, 2.05) is 29.8 Å². The number of nitrogens with zero attached hydrogens (tertiary/aromatic N) is 3. The summed E-state index contributed by atoms with van der Waals surface area (Å²) in [7, 11) is 0. The summed E-state index contributed by atoms with van der Waals surface area (Å²) in [5.41, 5.74) is 1.23. The number of ether oxygens (including phenoxy) is 1. The molecule has 0 aromatic carbocycles. The van der Waals surface area contributed by atoms with Gasteiger partial charge in [-0.2, -0.15) is 26.3 Å². The molecule has 4 heterocycles. The van der Waals surface area contributed by atoms with Crippen molar-refractivity contribution < 1.29 is 50.9 Å². The molecule has 0 bridgehead atoms. The predicted octanol–water partition coefficient (Wildman–Crippen LogP) is 4.59. The number of carboxylic acid groups (broad SMARTS) is 2. The van der Waals surface area contributed by atoms with Crippen LogP contribution in [0, 0.1) is 6.92 Å². The largest absolute Gasteiger partial charge is 0.490 e. The Morgan fingerprint density at radius 1 is 1.03 bits per heavy atom. The van der Waals surface area contributed by atoms with Crippen LogP contribution in [0.2, 0.25) is 0 Å². The van der Waals surface area contributed by atoms with Crippen LogP contribution in [0.1, 0.15) is 22.6 Å². The number of fused-ring (bicyclic) bond motifs is 1. The number of hydrogen-bond donors (Lipinski definition) is 2. The Balaban J connectivity index is 0.000000301. The molecule has 2 unspecified atom stereocenters. The molecule has 0 radical (unpaired) electrons. The number of carboxylic acids is 2. The first-order valence-electron chi connectivity index (χ1n) is 11.3. The Labute approximate surface area is 218 Å². The third-order valence-corrected chi connectivity index (χ3v) is 6.59. The van der Waals surface area contributed by atoms with Gasteiger partial charge >= 0.3 is 24.3 Å². The fourth-order valence-electron chi connectivity index (χ4n) is 3.93.